The number of carbonyl (C=O) groups is 1. The van der Waals surface area contributed by atoms with Gasteiger partial charge in [0.25, 0.3) is 0 Å². The van der Waals surface area contributed by atoms with Crippen molar-refractivity contribution in [3.8, 4) is 0 Å². The van der Waals surface area contributed by atoms with Gasteiger partial charge in [0.2, 0.25) is 0 Å². The number of benzene rings is 1. The predicted molar refractivity (Wildman–Crippen MR) is 70.4 cm³/mol. The molecule has 4 nitrogen and oxygen atoms in total. The summed E-state index contributed by atoms with van der Waals surface area (Å²) in [5.74, 6) is -1.18. The molecule has 0 radical (unpaired) electrons. The molecule has 0 heterocycles. The zero-order chi connectivity index (χ0) is 14.4. The molecule has 1 aromatic carbocycles. The molecular weight excluding hydrogens is 249 g/mol. The zero-order valence-corrected chi connectivity index (χ0v) is 11.2. The summed E-state index contributed by atoms with van der Waals surface area (Å²) in [6.07, 6.45) is -0.124. The van der Waals surface area contributed by atoms with Gasteiger partial charge in [-0.25, -0.2) is 4.39 Å². The summed E-state index contributed by atoms with van der Waals surface area (Å²) in [6.45, 7) is 3.84. The van der Waals surface area contributed by atoms with Gasteiger partial charge < -0.3 is 15.5 Å². The second kappa shape index (κ2) is 7.21. The van der Waals surface area contributed by atoms with Crippen molar-refractivity contribution in [1.29, 1.82) is 0 Å². The van der Waals surface area contributed by atoms with Crippen LogP contribution in [0.3, 0.4) is 0 Å². The van der Waals surface area contributed by atoms with Crippen molar-refractivity contribution in [2.45, 2.75) is 38.8 Å². The van der Waals surface area contributed by atoms with E-state index in [9.17, 15) is 14.3 Å². The number of rotatable bonds is 7. The molecule has 0 fully saturated rings. The van der Waals surface area contributed by atoms with Crippen LogP contribution in [-0.2, 0) is 4.79 Å². The van der Waals surface area contributed by atoms with E-state index in [0.29, 0.717) is 24.1 Å². The van der Waals surface area contributed by atoms with Gasteiger partial charge in [-0.3, -0.25) is 4.79 Å². The molecule has 2 unspecified atom stereocenters. The van der Waals surface area contributed by atoms with Crippen molar-refractivity contribution >= 4 is 5.97 Å². The largest absolute Gasteiger partial charge is 0.481 e. The number of halogens is 1. The van der Waals surface area contributed by atoms with Crippen molar-refractivity contribution in [3.05, 3.63) is 35.1 Å². The Morgan fingerprint density at radius 3 is 2.68 bits per heavy atom. The predicted octanol–water partition coefficient (Wildman–Crippen LogP) is 2.01. The number of nitrogens with one attached hydrogen (secondary N) is 1. The maximum absolute atomic E-state index is 13.2. The normalized spacial score (nSPS) is 14.1. The van der Waals surface area contributed by atoms with Crippen molar-refractivity contribution in [2.75, 3.05) is 6.54 Å². The average Bonchev–Trinajstić information content (AvgIpc) is 2.37. The first-order valence-electron chi connectivity index (χ1n) is 6.35. The van der Waals surface area contributed by atoms with Gasteiger partial charge in [-0.2, -0.15) is 0 Å². The summed E-state index contributed by atoms with van der Waals surface area (Å²) in [5.41, 5.74) is 1.12. The molecule has 5 heteroatoms. The molecule has 106 valence electrons. The van der Waals surface area contributed by atoms with Crippen molar-refractivity contribution < 1.29 is 19.4 Å². The molecule has 19 heavy (non-hydrogen) atoms. The monoisotopic (exact) mass is 269 g/mol. The van der Waals surface area contributed by atoms with Gasteiger partial charge in [0, 0.05) is 12.6 Å². The highest BCUT2D eigenvalue weighted by Crippen LogP contribution is 2.21. The number of aryl methyl sites for hydroxylation is 1. The van der Waals surface area contributed by atoms with Gasteiger partial charge in [-0.15, -0.1) is 0 Å². The summed E-state index contributed by atoms with van der Waals surface area (Å²) in [7, 11) is 0. The van der Waals surface area contributed by atoms with E-state index in [1.54, 1.807) is 19.1 Å². The Bertz CT molecular complexity index is 437. The Kier molecular flexibility index (Phi) is 5.92. The molecule has 1 rings (SSSR count). The molecule has 0 aliphatic carbocycles. The van der Waals surface area contributed by atoms with Crippen molar-refractivity contribution in [2.24, 2.45) is 0 Å². The number of aliphatic hydroxyl groups excluding tert-OH is 1. The van der Waals surface area contributed by atoms with Crippen LogP contribution in [-0.4, -0.2) is 28.8 Å². The van der Waals surface area contributed by atoms with Gasteiger partial charge in [-0.05, 0) is 30.5 Å². The first-order valence-corrected chi connectivity index (χ1v) is 6.35. The number of hydrogen-bond donors (Lipinski definition) is 3. The molecule has 0 aliphatic rings. The standard InChI is InChI=1S/C14H20FNO3/c1-3-12(16-7-6-13(17)18)14(19)10-4-5-11(15)9(2)8-10/h4-5,8,12,14,16,19H,3,6-7H2,1-2H3,(H,17,18). The second-order valence-corrected chi connectivity index (χ2v) is 4.57. The summed E-state index contributed by atoms with van der Waals surface area (Å²) in [6, 6.07) is 4.25. The Morgan fingerprint density at radius 2 is 2.16 bits per heavy atom. The van der Waals surface area contributed by atoms with Crippen LogP contribution in [0.25, 0.3) is 0 Å². The van der Waals surface area contributed by atoms with Gasteiger partial charge in [0.05, 0.1) is 12.5 Å². The third kappa shape index (κ3) is 4.61. The minimum Gasteiger partial charge on any atom is -0.481 e. The van der Waals surface area contributed by atoms with E-state index in [1.807, 2.05) is 6.92 Å². The van der Waals surface area contributed by atoms with Crippen LogP contribution in [0.4, 0.5) is 4.39 Å². The lowest BCUT2D eigenvalue weighted by molar-refractivity contribution is -0.136. The zero-order valence-electron chi connectivity index (χ0n) is 11.2. The fourth-order valence-corrected chi connectivity index (χ4v) is 1.93. The molecule has 2 atom stereocenters. The molecule has 1 aromatic rings. The Labute approximate surface area is 112 Å². The van der Waals surface area contributed by atoms with Gasteiger partial charge in [0.15, 0.2) is 0 Å². The van der Waals surface area contributed by atoms with E-state index >= 15 is 0 Å². The lowest BCUT2D eigenvalue weighted by atomic mass is 9.98. The van der Waals surface area contributed by atoms with Crippen LogP contribution in [0, 0.1) is 12.7 Å². The van der Waals surface area contributed by atoms with E-state index < -0.39 is 12.1 Å². The summed E-state index contributed by atoms with van der Waals surface area (Å²) in [5, 5.41) is 21.8. The molecule has 0 amide bonds. The Morgan fingerprint density at radius 1 is 1.47 bits per heavy atom. The Hall–Kier alpha value is -1.46. The molecule has 3 N–H and O–H groups in total. The Balaban J connectivity index is 2.68. The lowest BCUT2D eigenvalue weighted by Gasteiger charge is -2.23. The van der Waals surface area contributed by atoms with E-state index in [0.717, 1.165) is 0 Å². The lowest BCUT2D eigenvalue weighted by Crippen LogP contribution is -2.35. The highest BCUT2D eigenvalue weighted by Gasteiger charge is 2.19. The topological polar surface area (TPSA) is 69.6 Å². The fourth-order valence-electron chi connectivity index (χ4n) is 1.93. The van der Waals surface area contributed by atoms with Gasteiger partial charge in [0.1, 0.15) is 5.82 Å². The molecule has 0 saturated heterocycles. The first kappa shape index (κ1) is 15.6. The van der Waals surface area contributed by atoms with E-state index in [1.165, 1.54) is 6.07 Å². The molecule has 0 aromatic heterocycles. The van der Waals surface area contributed by atoms with Crippen LogP contribution in [0.1, 0.15) is 37.0 Å². The molecule has 0 aliphatic heterocycles. The highest BCUT2D eigenvalue weighted by molar-refractivity contribution is 5.66. The van der Waals surface area contributed by atoms with Crippen LogP contribution >= 0.6 is 0 Å². The third-order valence-electron chi connectivity index (χ3n) is 3.09. The van der Waals surface area contributed by atoms with Crippen LogP contribution < -0.4 is 5.32 Å². The van der Waals surface area contributed by atoms with Gasteiger partial charge in [-0.1, -0.05) is 19.1 Å². The summed E-state index contributed by atoms with van der Waals surface area (Å²) >= 11 is 0. The minimum atomic E-state index is -0.880. The molecule has 0 spiro atoms. The number of carboxylic acids is 1. The van der Waals surface area contributed by atoms with Gasteiger partial charge >= 0.3 is 5.97 Å². The first-order chi connectivity index (χ1) is 8.95. The SMILES string of the molecule is CCC(NCCC(=O)O)C(O)c1ccc(F)c(C)c1. The summed E-state index contributed by atoms with van der Waals surface area (Å²) < 4.78 is 13.2. The van der Waals surface area contributed by atoms with E-state index in [2.05, 4.69) is 5.32 Å². The fraction of sp³-hybridized carbons (Fsp3) is 0.500. The quantitative estimate of drug-likeness (QED) is 0.708. The number of aliphatic hydroxyl groups is 1. The highest BCUT2D eigenvalue weighted by atomic mass is 19.1. The third-order valence-corrected chi connectivity index (χ3v) is 3.09. The maximum atomic E-state index is 13.2. The number of carboxylic acid groups (broad SMARTS) is 1. The second-order valence-electron chi connectivity index (χ2n) is 4.57. The summed E-state index contributed by atoms with van der Waals surface area (Å²) in [4.78, 5) is 10.4. The number of hydrogen-bond acceptors (Lipinski definition) is 3. The van der Waals surface area contributed by atoms with Crippen LogP contribution in [0.5, 0.6) is 0 Å². The molecular formula is C14H20FNO3. The average molecular weight is 269 g/mol. The number of aliphatic carboxylic acids is 1. The van der Waals surface area contributed by atoms with E-state index in [4.69, 9.17) is 5.11 Å². The molecule has 0 saturated carbocycles. The van der Waals surface area contributed by atoms with Crippen LogP contribution in [0.15, 0.2) is 18.2 Å². The smallest absolute Gasteiger partial charge is 0.304 e. The minimum absolute atomic E-state index is 0.00562. The van der Waals surface area contributed by atoms with E-state index in [-0.39, 0.29) is 18.3 Å². The maximum Gasteiger partial charge on any atom is 0.304 e. The van der Waals surface area contributed by atoms with Crippen LogP contribution in [0.2, 0.25) is 0 Å². The van der Waals surface area contributed by atoms with Crippen molar-refractivity contribution in [3.63, 3.8) is 0 Å². The molecule has 0 bridgehead atoms. The van der Waals surface area contributed by atoms with Crippen molar-refractivity contribution in [1.82, 2.24) is 5.32 Å².